The minimum atomic E-state index is -1.14. The molecule has 0 aliphatic heterocycles. The molecule has 7 nitrogen and oxygen atoms in total. The molecule has 0 saturated carbocycles. The van der Waals surface area contributed by atoms with Crippen molar-refractivity contribution in [2.75, 3.05) is 5.32 Å². The van der Waals surface area contributed by atoms with Gasteiger partial charge < -0.3 is 15.2 Å². The number of H-pyrrole nitrogens is 1. The van der Waals surface area contributed by atoms with Gasteiger partial charge in [-0.15, -0.1) is 0 Å². The van der Waals surface area contributed by atoms with Crippen molar-refractivity contribution in [3.8, 4) is 0 Å². The zero-order valence-electron chi connectivity index (χ0n) is 11.4. The molecule has 1 heterocycles. The summed E-state index contributed by atoms with van der Waals surface area (Å²) in [6, 6.07) is 10.7. The highest BCUT2D eigenvalue weighted by atomic mass is 16.5. The molecule has 0 fully saturated rings. The molecule has 110 valence electrons. The van der Waals surface area contributed by atoms with E-state index in [1.807, 2.05) is 30.3 Å². The number of carbonyl (C=O) groups is 2. The van der Waals surface area contributed by atoms with Crippen LogP contribution in [0, 0.1) is 0 Å². The van der Waals surface area contributed by atoms with Crippen LogP contribution >= 0.6 is 0 Å². The summed E-state index contributed by atoms with van der Waals surface area (Å²) in [6.45, 7) is 1.93. The Morgan fingerprint density at radius 1 is 1.38 bits per heavy atom. The third-order valence-corrected chi connectivity index (χ3v) is 2.77. The zero-order valence-corrected chi connectivity index (χ0v) is 11.4. The second-order valence-corrected chi connectivity index (χ2v) is 4.40. The number of anilines is 1. The summed E-state index contributed by atoms with van der Waals surface area (Å²) < 4.78 is 5.45. The minimum absolute atomic E-state index is 0.0943. The maximum Gasteiger partial charge on any atom is 0.353 e. The van der Waals surface area contributed by atoms with Gasteiger partial charge in [-0.3, -0.25) is 9.89 Å². The SMILES string of the molecule is CC(OCc1ccccc1)C(=O)Nc1cc(C(=O)O)[nH]n1. The van der Waals surface area contributed by atoms with Crippen LogP contribution in [0.2, 0.25) is 0 Å². The molecule has 0 bridgehead atoms. The Morgan fingerprint density at radius 3 is 2.71 bits per heavy atom. The molecule has 21 heavy (non-hydrogen) atoms. The Labute approximate surface area is 120 Å². The summed E-state index contributed by atoms with van der Waals surface area (Å²) in [7, 11) is 0. The molecule has 0 spiro atoms. The summed E-state index contributed by atoms with van der Waals surface area (Å²) in [5.74, 6) is -1.39. The normalized spacial score (nSPS) is 11.9. The first-order valence-corrected chi connectivity index (χ1v) is 6.31. The molecule has 2 aromatic rings. The molecule has 0 saturated heterocycles. The quantitative estimate of drug-likeness (QED) is 0.750. The fourth-order valence-electron chi connectivity index (χ4n) is 1.59. The lowest BCUT2D eigenvalue weighted by Gasteiger charge is -2.12. The molecule has 1 aromatic carbocycles. The van der Waals surface area contributed by atoms with E-state index < -0.39 is 18.0 Å². The molecule has 0 radical (unpaired) electrons. The molecule has 1 unspecified atom stereocenters. The van der Waals surface area contributed by atoms with Gasteiger partial charge in [0.1, 0.15) is 11.8 Å². The van der Waals surface area contributed by atoms with E-state index in [9.17, 15) is 9.59 Å². The Morgan fingerprint density at radius 2 is 2.10 bits per heavy atom. The van der Waals surface area contributed by atoms with Crippen molar-refractivity contribution in [3.05, 3.63) is 47.7 Å². The first kappa shape index (κ1) is 14.7. The lowest BCUT2D eigenvalue weighted by Crippen LogP contribution is -2.27. The predicted molar refractivity (Wildman–Crippen MR) is 74.9 cm³/mol. The van der Waals surface area contributed by atoms with Gasteiger partial charge in [0.05, 0.1) is 6.61 Å². The maximum absolute atomic E-state index is 11.9. The van der Waals surface area contributed by atoms with Crippen molar-refractivity contribution in [1.29, 1.82) is 0 Å². The summed E-state index contributed by atoms with van der Waals surface area (Å²) in [5.41, 5.74) is 0.869. The van der Waals surface area contributed by atoms with E-state index in [1.54, 1.807) is 6.92 Å². The van der Waals surface area contributed by atoms with E-state index in [4.69, 9.17) is 9.84 Å². The third-order valence-electron chi connectivity index (χ3n) is 2.77. The van der Waals surface area contributed by atoms with E-state index >= 15 is 0 Å². The number of ether oxygens (including phenoxy) is 1. The van der Waals surface area contributed by atoms with E-state index in [1.165, 1.54) is 6.07 Å². The molecule has 0 aliphatic rings. The number of aromatic amines is 1. The number of rotatable bonds is 6. The van der Waals surface area contributed by atoms with E-state index in [2.05, 4.69) is 15.5 Å². The van der Waals surface area contributed by atoms with Gasteiger partial charge in [-0.1, -0.05) is 30.3 Å². The number of hydrogen-bond donors (Lipinski definition) is 3. The van der Waals surface area contributed by atoms with Crippen LogP contribution in [0.3, 0.4) is 0 Å². The number of aromatic nitrogens is 2. The number of nitrogens with zero attached hydrogens (tertiary/aromatic N) is 1. The number of nitrogens with one attached hydrogen (secondary N) is 2. The summed E-state index contributed by atoms with van der Waals surface area (Å²) in [4.78, 5) is 22.6. The van der Waals surface area contributed by atoms with Crippen molar-refractivity contribution in [3.63, 3.8) is 0 Å². The predicted octanol–water partition coefficient (Wildman–Crippen LogP) is 1.65. The van der Waals surface area contributed by atoms with E-state index in [0.717, 1.165) is 5.56 Å². The van der Waals surface area contributed by atoms with Crippen LogP contribution in [0.5, 0.6) is 0 Å². The van der Waals surface area contributed by atoms with E-state index in [0.29, 0.717) is 6.61 Å². The van der Waals surface area contributed by atoms with Crippen LogP contribution in [0.15, 0.2) is 36.4 Å². The van der Waals surface area contributed by atoms with Gasteiger partial charge in [-0.05, 0) is 12.5 Å². The number of hydrogen-bond acceptors (Lipinski definition) is 4. The largest absolute Gasteiger partial charge is 0.477 e. The first-order chi connectivity index (χ1) is 10.1. The number of benzene rings is 1. The molecule has 7 heteroatoms. The Balaban J connectivity index is 1.85. The number of aromatic carboxylic acids is 1. The summed E-state index contributed by atoms with van der Waals surface area (Å²) in [5, 5.41) is 17.2. The van der Waals surface area contributed by atoms with Gasteiger partial charge in [0.2, 0.25) is 0 Å². The summed E-state index contributed by atoms with van der Waals surface area (Å²) >= 11 is 0. The van der Waals surface area contributed by atoms with Gasteiger partial charge in [0, 0.05) is 6.07 Å². The highest BCUT2D eigenvalue weighted by molar-refractivity contribution is 5.94. The minimum Gasteiger partial charge on any atom is -0.477 e. The highest BCUT2D eigenvalue weighted by Gasteiger charge is 2.16. The second-order valence-electron chi connectivity index (χ2n) is 4.40. The van der Waals surface area contributed by atoms with Gasteiger partial charge in [0.15, 0.2) is 5.82 Å². The second kappa shape index (κ2) is 6.67. The lowest BCUT2D eigenvalue weighted by molar-refractivity contribution is -0.127. The maximum atomic E-state index is 11.9. The van der Waals surface area contributed by atoms with Gasteiger partial charge in [-0.2, -0.15) is 5.10 Å². The van der Waals surface area contributed by atoms with Gasteiger partial charge in [-0.25, -0.2) is 4.79 Å². The molecule has 1 aromatic heterocycles. The Bertz CT molecular complexity index is 624. The average Bonchev–Trinajstić information content (AvgIpc) is 2.94. The first-order valence-electron chi connectivity index (χ1n) is 6.31. The molecule has 0 aliphatic carbocycles. The Kier molecular flexibility index (Phi) is 4.68. The van der Waals surface area contributed by atoms with Crippen molar-refractivity contribution in [1.82, 2.24) is 10.2 Å². The van der Waals surface area contributed by atoms with Crippen molar-refractivity contribution in [2.24, 2.45) is 0 Å². The highest BCUT2D eigenvalue weighted by Crippen LogP contribution is 2.08. The molecule has 1 amide bonds. The summed E-state index contributed by atoms with van der Waals surface area (Å²) in [6.07, 6.45) is -0.685. The number of carboxylic acids is 1. The third kappa shape index (κ3) is 4.15. The van der Waals surface area contributed by atoms with Crippen LogP contribution in [0.1, 0.15) is 23.0 Å². The van der Waals surface area contributed by atoms with Crippen LogP contribution in [-0.4, -0.2) is 33.3 Å². The van der Waals surface area contributed by atoms with Crippen molar-refractivity contribution >= 4 is 17.7 Å². The van der Waals surface area contributed by atoms with Crippen LogP contribution in [-0.2, 0) is 16.1 Å². The molecular formula is C14H15N3O4. The number of carboxylic acid groups (broad SMARTS) is 1. The average molecular weight is 289 g/mol. The van der Waals surface area contributed by atoms with E-state index in [-0.39, 0.29) is 11.5 Å². The fraction of sp³-hybridized carbons (Fsp3) is 0.214. The van der Waals surface area contributed by atoms with Crippen LogP contribution in [0.25, 0.3) is 0 Å². The van der Waals surface area contributed by atoms with Crippen molar-refractivity contribution < 1.29 is 19.4 Å². The molecular weight excluding hydrogens is 274 g/mol. The molecule has 3 N–H and O–H groups in total. The molecule has 1 atom stereocenters. The van der Waals surface area contributed by atoms with Gasteiger partial charge in [0.25, 0.3) is 5.91 Å². The Hall–Kier alpha value is -2.67. The fourth-order valence-corrected chi connectivity index (χ4v) is 1.59. The lowest BCUT2D eigenvalue weighted by atomic mass is 10.2. The van der Waals surface area contributed by atoms with Gasteiger partial charge >= 0.3 is 5.97 Å². The zero-order chi connectivity index (χ0) is 15.2. The van der Waals surface area contributed by atoms with Crippen LogP contribution in [0.4, 0.5) is 5.82 Å². The van der Waals surface area contributed by atoms with Crippen LogP contribution < -0.4 is 5.32 Å². The number of carbonyl (C=O) groups excluding carboxylic acids is 1. The standard InChI is InChI=1S/C14H15N3O4/c1-9(21-8-10-5-3-2-4-6-10)13(18)15-12-7-11(14(19)20)16-17-12/h2-7,9H,8H2,1H3,(H,19,20)(H2,15,16,17,18). The monoisotopic (exact) mass is 289 g/mol. The van der Waals surface area contributed by atoms with Crippen molar-refractivity contribution in [2.45, 2.75) is 19.6 Å². The molecule has 2 rings (SSSR count). The topological polar surface area (TPSA) is 104 Å². The smallest absolute Gasteiger partial charge is 0.353 e. The number of amides is 1.